The first kappa shape index (κ1) is 24.2. The normalized spacial score (nSPS) is 18.6. The lowest BCUT2D eigenvalue weighted by molar-refractivity contribution is -0.148. The van der Waals surface area contributed by atoms with E-state index in [0.717, 1.165) is 0 Å². The number of carbonyl (C=O) groups excluding carboxylic acids is 3. The second-order valence-corrected chi connectivity index (χ2v) is 7.91. The number of ether oxygens (including phenoxy) is 1. The molecule has 168 valence electrons. The zero-order valence-corrected chi connectivity index (χ0v) is 18.0. The van der Waals surface area contributed by atoms with Crippen molar-refractivity contribution in [3.05, 3.63) is 46.3 Å². The predicted octanol–water partition coefficient (Wildman–Crippen LogP) is 2.09. The van der Waals surface area contributed by atoms with E-state index >= 15 is 0 Å². The Morgan fingerprint density at radius 1 is 1.32 bits per heavy atom. The number of nitrogens with zero attached hydrogens (tertiary/aromatic N) is 4. The SMILES string of the molecule is COC(=O)[C@H](CC(C)C)NC(=O)[C@@H]1CCCN1C(=O)[C@H](O)[C@H](N=[N+]=[N-])c1ccccc1. The molecule has 1 aliphatic heterocycles. The first-order valence-electron chi connectivity index (χ1n) is 10.3. The van der Waals surface area contributed by atoms with Crippen LogP contribution < -0.4 is 5.32 Å². The van der Waals surface area contributed by atoms with Gasteiger partial charge in [0.15, 0.2) is 0 Å². The van der Waals surface area contributed by atoms with Crippen LogP contribution in [0.3, 0.4) is 0 Å². The van der Waals surface area contributed by atoms with Gasteiger partial charge in [0, 0.05) is 11.5 Å². The number of hydrogen-bond acceptors (Lipinski definition) is 6. The van der Waals surface area contributed by atoms with Crippen LogP contribution in [0.2, 0.25) is 0 Å². The molecule has 1 heterocycles. The number of carbonyl (C=O) groups is 3. The van der Waals surface area contributed by atoms with Crippen LogP contribution in [0.1, 0.15) is 44.7 Å². The van der Waals surface area contributed by atoms with E-state index in [1.54, 1.807) is 30.3 Å². The van der Waals surface area contributed by atoms with Gasteiger partial charge < -0.3 is 20.1 Å². The Kier molecular flexibility index (Phi) is 8.84. The first-order valence-corrected chi connectivity index (χ1v) is 10.3. The number of azide groups is 1. The van der Waals surface area contributed by atoms with Crippen LogP contribution in [0, 0.1) is 5.92 Å². The van der Waals surface area contributed by atoms with Crippen LogP contribution in [0.4, 0.5) is 0 Å². The average Bonchev–Trinajstić information content (AvgIpc) is 3.25. The maximum atomic E-state index is 13.0. The Morgan fingerprint density at radius 3 is 2.58 bits per heavy atom. The molecule has 1 aromatic carbocycles. The largest absolute Gasteiger partial charge is 0.467 e. The Labute approximate surface area is 181 Å². The van der Waals surface area contributed by atoms with Crippen LogP contribution in [0.5, 0.6) is 0 Å². The number of hydrogen-bond donors (Lipinski definition) is 2. The minimum atomic E-state index is -1.64. The molecular formula is C21H29N5O5. The van der Waals surface area contributed by atoms with Crippen LogP contribution in [-0.4, -0.2) is 59.6 Å². The highest BCUT2D eigenvalue weighted by Gasteiger charge is 2.40. The standard InChI is InChI=1S/C21H29N5O5/c1-13(2)12-15(21(30)31-3)23-19(28)16-10-7-11-26(16)20(29)18(27)17(24-25-22)14-8-5-4-6-9-14/h4-6,8-9,13,15-18,27H,7,10-12H2,1-3H3,(H,23,28)/t15-,16-,17+,18+/m0/s1. The van der Waals surface area contributed by atoms with E-state index in [9.17, 15) is 19.5 Å². The van der Waals surface area contributed by atoms with Gasteiger partial charge in [0.1, 0.15) is 18.2 Å². The summed E-state index contributed by atoms with van der Waals surface area (Å²) in [6.07, 6.45) is -0.272. The third-order valence-corrected chi connectivity index (χ3v) is 5.22. The topological polar surface area (TPSA) is 145 Å². The fraction of sp³-hybridized carbons (Fsp3) is 0.571. The number of benzene rings is 1. The number of aliphatic hydroxyl groups is 1. The van der Waals surface area contributed by atoms with Gasteiger partial charge in [-0.15, -0.1) is 0 Å². The van der Waals surface area contributed by atoms with E-state index in [2.05, 4.69) is 15.3 Å². The molecule has 1 fully saturated rings. The van der Waals surface area contributed by atoms with Crippen molar-refractivity contribution >= 4 is 17.8 Å². The predicted molar refractivity (Wildman–Crippen MR) is 112 cm³/mol. The number of likely N-dealkylation sites (tertiary alicyclic amines) is 1. The highest BCUT2D eigenvalue weighted by molar-refractivity contribution is 5.92. The molecule has 0 aliphatic carbocycles. The number of aliphatic hydroxyl groups excluding tert-OH is 1. The van der Waals surface area contributed by atoms with Gasteiger partial charge in [0.25, 0.3) is 5.91 Å². The van der Waals surface area contributed by atoms with Crippen molar-refractivity contribution in [2.45, 2.75) is 57.3 Å². The third-order valence-electron chi connectivity index (χ3n) is 5.22. The van der Waals surface area contributed by atoms with E-state index in [1.165, 1.54) is 12.0 Å². The van der Waals surface area contributed by atoms with Gasteiger partial charge in [-0.05, 0) is 36.3 Å². The van der Waals surface area contributed by atoms with Gasteiger partial charge in [-0.3, -0.25) is 9.59 Å². The highest BCUT2D eigenvalue weighted by atomic mass is 16.5. The molecule has 10 heteroatoms. The number of amides is 2. The second-order valence-electron chi connectivity index (χ2n) is 7.91. The molecule has 10 nitrogen and oxygen atoms in total. The minimum absolute atomic E-state index is 0.142. The summed E-state index contributed by atoms with van der Waals surface area (Å²) in [5, 5.41) is 17.0. The van der Waals surface area contributed by atoms with E-state index in [-0.39, 0.29) is 12.5 Å². The molecule has 1 aromatic rings. The Balaban J connectivity index is 2.17. The fourth-order valence-electron chi connectivity index (χ4n) is 3.72. The van der Waals surface area contributed by atoms with Gasteiger partial charge in [0.05, 0.1) is 13.2 Å². The maximum Gasteiger partial charge on any atom is 0.328 e. The summed E-state index contributed by atoms with van der Waals surface area (Å²) < 4.78 is 4.78. The van der Waals surface area contributed by atoms with Gasteiger partial charge in [-0.1, -0.05) is 49.3 Å². The Bertz CT molecular complexity index is 825. The zero-order valence-electron chi connectivity index (χ0n) is 18.0. The number of esters is 1. The summed E-state index contributed by atoms with van der Waals surface area (Å²) >= 11 is 0. The summed E-state index contributed by atoms with van der Waals surface area (Å²) in [5.41, 5.74) is 9.38. The number of nitrogens with one attached hydrogen (secondary N) is 1. The molecule has 1 aliphatic rings. The van der Waals surface area contributed by atoms with Crippen LogP contribution >= 0.6 is 0 Å². The summed E-state index contributed by atoms with van der Waals surface area (Å²) in [6.45, 7) is 4.12. The summed E-state index contributed by atoms with van der Waals surface area (Å²) in [7, 11) is 1.25. The van der Waals surface area contributed by atoms with Gasteiger partial charge >= 0.3 is 5.97 Å². The lowest BCUT2D eigenvalue weighted by Gasteiger charge is -2.29. The van der Waals surface area contributed by atoms with Crippen molar-refractivity contribution in [2.24, 2.45) is 11.0 Å². The monoisotopic (exact) mass is 431 g/mol. The molecule has 31 heavy (non-hydrogen) atoms. The molecule has 0 spiro atoms. The van der Waals surface area contributed by atoms with Crippen molar-refractivity contribution in [1.82, 2.24) is 10.2 Å². The van der Waals surface area contributed by atoms with E-state index in [0.29, 0.717) is 24.8 Å². The Morgan fingerprint density at radius 2 is 2.00 bits per heavy atom. The molecule has 0 aromatic heterocycles. The maximum absolute atomic E-state index is 13.0. The molecule has 4 atom stereocenters. The van der Waals surface area contributed by atoms with Gasteiger partial charge in [-0.2, -0.15) is 0 Å². The molecule has 2 amide bonds. The quantitative estimate of drug-likeness (QED) is 0.266. The first-order chi connectivity index (χ1) is 14.8. The van der Waals surface area contributed by atoms with Crippen LogP contribution in [0.25, 0.3) is 10.4 Å². The average molecular weight is 431 g/mol. The molecule has 2 rings (SSSR count). The van der Waals surface area contributed by atoms with Crippen LogP contribution in [0.15, 0.2) is 35.4 Å². The lowest BCUT2D eigenvalue weighted by atomic mass is 10.0. The molecule has 0 bridgehead atoms. The summed E-state index contributed by atoms with van der Waals surface area (Å²) in [5.74, 6) is -1.58. The highest BCUT2D eigenvalue weighted by Crippen LogP contribution is 2.26. The smallest absolute Gasteiger partial charge is 0.328 e. The lowest BCUT2D eigenvalue weighted by Crippen LogP contribution is -2.53. The van der Waals surface area contributed by atoms with Crippen LogP contribution in [-0.2, 0) is 19.1 Å². The molecule has 1 saturated heterocycles. The molecule has 0 unspecified atom stereocenters. The van der Waals surface area contributed by atoms with Crippen molar-refractivity contribution in [2.75, 3.05) is 13.7 Å². The minimum Gasteiger partial charge on any atom is -0.467 e. The van der Waals surface area contributed by atoms with E-state index < -0.39 is 42.0 Å². The number of methoxy groups -OCH3 is 1. The van der Waals surface area contributed by atoms with Crippen molar-refractivity contribution in [1.29, 1.82) is 0 Å². The molecule has 2 N–H and O–H groups in total. The molecule has 0 radical (unpaired) electrons. The summed E-state index contributed by atoms with van der Waals surface area (Å²) in [6, 6.07) is 5.71. The van der Waals surface area contributed by atoms with Crippen molar-refractivity contribution < 1.29 is 24.2 Å². The zero-order chi connectivity index (χ0) is 23.0. The van der Waals surface area contributed by atoms with Crippen molar-refractivity contribution in [3.63, 3.8) is 0 Å². The third kappa shape index (κ3) is 6.19. The number of rotatable bonds is 9. The Hall–Kier alpha value is -3.10. The summed E-state index contributed by atoms with van der Waals surface area (Å²) in [4.78, 5) is 42.0. The molecule has 0 saturated carbocycles. The second kappa shape index (κ2) is 11.3. The van der Waals surface area contributed by atoms with Gasteiger partial charge in [0.2, 0.25) is 5.91 Å². The van der Waals surface area contributed by atoms with E-state index in [1.807, 2.05) is 13.8 Å². The van der Waals surface area contributed by atoms with Crippen molar-refractivity contribution in [3.8, 4) is 0 Å². The molecular weight excluding hydrogens is 402 g/mol. The van der Waals surface area contributed by atoms with Gasteiger partial charge in [-0.25, -0.2) is 4.79 Å². The van der Waals surface area contributed by atoms with E-state index in [4.69, 9.17) is 10.3 Å². The fourth-order valence-corrected chi connectivity index (χ4v) is 3.72.